The van der Waals surface area contributed by atoms with Crippen LogP contribution in [0.5, 0.6) is 0 Å². The Labute approximate surface area is 117 Å². The lowest BCUT2D eigenvalue weighted by atomic mass is 9.99. The highest BCUT2D eigenvalue weighted by Crippen LogP contribution is 2.21. The maximum atomic E-state index is 10.6. The van der Waals surface area contributed by atoms with Gasteiger partial charge < -0.3 is 35.2 Å². The first kappa shape index (κ1) is 17.3. The van der Waals surface area contributed by atoms with Gasteiger partial charge in [-0.25, -0.2) is 0 Å². The van der Waals surface area contributed by atoms with E-state index < -0.39 is 37.3 Å². The molecule has 8 heteroatoms. The normalized spacial score (nSPS) is 34.0. The van der Waals surface area contributed by atoms with Gasteiger partial charge >= 0.3 is 0 Å². The predicted octanol–water partition coefficient (Wildman–Crippen LogP) is -2.28. The second-order valence-electron chi connectivity index (χ2n) is 4.76. The molecule has 1 aliphatic rings. The van der Waals surface area contributed by atoms with Crippen LogP contribution in [0.3, 0.4) is 0 Å². The van der Waals surface area contributed by atoms with E-state index in [4.69, 9.17) is 14.6 Å². The number of rotatable bonds is 7. The predicted molar refractivity (Wildman–Crippen MR) is 67.6 cm³/mol. The van der Waals surface area contributed by atoms with E-state index in [1.54, 1.807) is 0 Å². The Morgan fingerprint density at radius 3 is 2.50 bits per heavy atom. The summed E-state index contributed by atoms with van der Waals surface area (Å²) in [7, 11) is 0. The van der Waals surface area contributed by atoms with E-state index in [2.05, 4.69) is 5.32 Å². The molecular formula is C12H23NO7. The minimum atomic E-state index is -1.43. The molecule has 0 spiro atoms. The lowest BCUT2D eigenvalue weighted by molar-refractivity contribution is -0.301. The molecule has 8 nitrogen and oxygen atoms in total. The van der Waals surface area contributed by atoms with Crippen molar-refractivity contribution in [1.82, 2.24) is 5.32 Å². The number of hydrogen-bond acceptors (Lipinski definition) is 7. The Kier molecular flexibility index (Phi) is 7.35. The number of amides is 1. The summed E-state index contributed by atoms with van der Waals surface area (Å²) in [5.41, 5.74) is 0. The summed E-state index contributed by atoms with van der Waals surface area (Å²) in [6, 6.07) is 0. The highest BCUT2D eigenvalue weighted by atomic mass is 16.7. The van der Waals surface area contributed by atoms with Gasteiger partial charge in [-0.2, -0.15) is 0 Å². The third kappa shape index (κ3) is 4.97. The van der Waals surface area contributed by atoms with Crippen LogP contribution in [0.1, 0.15) is 19.8 Å². The molecule has 20 heavy (non-hydrogen) atoms. The van der Waals surface area contributed by atoms with Crippen LogP contribution in [0.2, 0.25) is 0 Å². The van der Waals surface area contributed by atoms with Gasteiger partial charge in [0.05, 0.1) is 6.61 Å². The number of unbranched alkanes of at least 4 members (excludes halogenated alkanes) is 1. The molecule has 1 heterocycles. The van der Waals surface area contributed by atoms with Crippen molar-refractivity contribution < 1.29 is 34.7 Å². The molecule has 0 aliphatic carbocycles. The van der Waals surface area contributed by atoms with Crippen LogP contribution in [-0.2, 0) is 14.3 Å². The molecule has 1 rings (SSSR count). The quantitative estimate of drug-likeness (QED) is 0.334. The fraction of sp³-hybridized carbons (Fsp3) is 0.917. The van der Waals surface area contributed by atoms with Gasteiger partial charge in [0.15, 0.2) is 6.29 Å². The summed E-state index contributed by atoms with van der Waals surface area (Å²) in [5.74, 6) is -0.0974. The number of hydrogen-bond donors (Lipinski definition) is 5. The smallest absolute Gasteiger partial charge is 0.216 e. The van der Waals surface area contributed by atoms with Gasteiger partial charge in [0, 0.05) is 20.1 Å². The van der Waals surface area contributed by atoms with Gasteiger partial charge in [0.1, 0.15) is 24.4 Å². The molecule has 0 saturated carbocycles. The highest BCUT2D eigenvalue weighted by molar-refractivity contribution is 5.72. The van der Waals surface area contributed by atoms with Crippen LogP contribution in [-0.4, -0.2) is 76.8 Å². The molecule has 1 aliphatic heterocycles. The van der Waals surface area contributed by atoms with Gasteiger partial charge in [0.2, 0.25) is 5.91 Å². The maximum Gasteiger partial charge on any atom is 0.216 e. The lowest BCUT2D eigenvalue weighted by Crippen LogP contribution is -2.59. The average Bonchev–Trinajstić information content (AvgIpc) is 2.42. The van der Waals surface area contributed by atoms with E-state index in [0.717, 1.165) is 0 Å². The van der Waals surface area contributed by atoms with Crippen LogP contribution in [0.15, 0.2) is 0 Å². The molecule has 0 radical (unpaired) electrons. The molecule has 0 aromatic rings. The first-order valence-corrected chi connectivity index (χ1v) is 6.64. The van der Waals surface area contributed by atoms with Crippen LogP contribution in [0, 0.1) is 0 Å². The van der Waals surface area contributed by atoms with Gasteiger partial charge in [-0.05, 0) is 12.8 Å². The van der Waals surface area contributed by atoms with E-state index in [1.807, 2.05) is 0 Å². The zero-order valence-electron chi connectivity index (χ0n) is 11.4. The first-order chi connectivity index (χ1) is 9.47. The van der Waals surface area contributed by atoms with Crippen molar-refractivity contribution >= 4 is 5.91 Å². The van der Waals surface area contributed by atoms with Crippen molar-refractivity contribution in [3.05, 3.63) is 0 Å². The summed E-state index contributed by atoms with van der Waals surface area (Å²) >= 11 is 0. The summed E-state index contributed by atoms with van der Waals surface area (Å²) in [5, 5.41) is 40.5. The summed E-state index contributed by atoms with van der Waals surface area (Å²) < 4.78 is 10.5. The number of nitrogens with one attached hydrogen (secondary N) is 1. The van der Waals surface area contributed by atoms with Crippen LogP contribution < -0.4 is 5.32 Å². The van der Waals surface area contributed by atoms with Gasteiger partial charge in [0.25, 0.3) is 0 Å². The number of ether oxygens (including phenoxy) is 2. The molecule has 5 unspecified atom stereocenters. The first-order valence-electron chi connectivity index (χ1n) is 6.64. The largest absolute Gasteiger partial charge is 0.394 e. The Balaban J connectivity index is 2.26. The van der Waals surface area contributed by atoms with E-state index in [9.17, 15) is 20.1 Å². The minimum absolute atomic E-state index is 0.0974. The molecule has 5 N–H and O–H groups in total. The molecule has 1 amide bonds. The molecular weight excluding hydrogens is 270 g/mol. The molecule has 1 fully saturated rings. The standard InChI is InChI=1S/C12H23NO7/c1-7(15)13-4-2-3-5-19-12-11(18)10(17)9(16)8(6-14)20-12/h8-12,14,16-18H,2-6H2,1H3,(H,13,15). The fourth-order valence-electron chi connectivity index (χ4n) is 1.90. The number of carbonyl (C=O) groups is 1. The van der Waals surface area contributed by atoms with Crippen LogP contribution in [0.25, 0.3) is 0 Å². The monoisotopic (exact) mass is 293 g/mol. The number of aliphatic hydroxyl groups is 4. The highest BCUT2D eigenvalue weighted by Gasteiger charge is 2.43. The summed E-state index contributed by atoms with van der Waals surface area (Å²) in [4.78, 5) is 10.6. The minimum Gasteiger partial charge on any atom is -0.394 e. The summed E-state index contributed by atoms with van der Waals surface area (Å²) in [6.07, 6.45) is -4.89. The third-order valence-electron chi connectivity index (χ3n) is 3.08. The van der Waals surface area contributed by atoms with Crippen molar-refractivity contribution in [2.45, 2.75) is 50.5 Å². The van der Waals surface area contributed by atoms with Gasteiger partial charge in [-0.15, -0.1) is 0 Å². The Bertz CT molecular complexity index is 300. The fourth-order valence-corrected chi connectivity index (χ4v) is 1.90. The second-order valence-corrected chi connectivity index (χ2v) is 4.76. The van der Waals surface area contributed by atoms with Gasteiger partial charge in [-0.1, -0.05) is 0 Å². The van der Waals surface area contributed by atoms with Crippen molar-refractivity contribution in [2.75, 3.05) is 19.8 Å². The van der Waals surface area contributed by atoms with Crippen molar-refractivity contribution in [3.8, 4) is 0 Å². The number of carbonyl (C=O) groups excluding carboxylic acids is 1. The number of aliphatic hydroxyl groups excluding tert-OH is 4. The van der Waals surface area contributed by atoms with Gasteiger partial charge in [-0.3, -0.25) is 4.79 Å². The van der Waals surface area contributed by atoms with Crippen molar-refractivity contribution in [1.29, 1.82) is 0 Å². The molecule has 1 saturated heterocycles. The Morgan fingerprint density at radius 2 is 1.90 bits per heavy atom. The topological polar surface area (TPSA) is 128 Å². The third-order valence-corrected chi connectivity index (χ3v) is 3.08. The molecule has 5 atom stereocenters. The van der Waals surface area contributed by atoms with E-state index in [0.29, 0.717) is 19.4 Å². The average molecular weight is 293 g/mol. The van der Waals surface area contributed by atoms with E-state index in [-0.39, 0.29) is 12.5 Å². The summed E-state index contributed by atoms with van der Waals surface area (Å²) in [6.45, 7) is 1.76. The second kappa shape index (κ2) is 8.50. The van der Waals surface area contributed by atoms with Crippen LogP contribution in [0.4, 0.5) is 0 Å². The Hall–Kier alpha value is -0.770. The maximum absolute atomic E-state index is 10.6. The molecule has 0 aromatic carbocycles. The van der Waals surface area contributed by atoms with Crippen LogP contribution >= 0.6 is 0 Å². The molecule has 118 valence electrons. The van der Waals surface area contributed by atoms with Crippen molar-refractivity contribution in [2.24, 2.45) is 0 Å². The van der Waals surface area contributed by atoms with E-state index in [1.165, 1.54) is 6.92 Å². The molecule has 0 aromatic heterocycles. The Morgan fingerprint density at radius 1 is 1.20 bits per heavy atom. The zero-order valence-corrected chi connectivity index (χ0v) is 11.4. The van der Waals surface area contributed by atoms with E-state index >= 15 is 0 Å². The van der Waals surface area contributed by atoms with Crippen molar-refractivity contribution in [3.63, 3.8) is 0 Å². The molecule has 0 bridgehead atoms. The zero-order chi connectivity index (χ0) is 15.1. The SMILES string of the molecule is CC(=O)NCCCCOC1OC(CO)C(O)C(O)C1O. The lowest BCUT2D eigenvalue weighted by Gasteiger charge is -2.39.